The van der Waals surface area contributed by atoms with Crippen molar-refractivity contribution < 1.29 is 4.42 Å². The van der Waals surface area contributed by atoms with E-state index in [9.17, 15) is 0 Å². The molecule has 2 unspecified atom stereocenters. The second-order valence-corrected chi connectivity index (χ2v) is 4.98. The second-order valence-electron chi connectivity index (χ2n) is 4.98. The smallest absolute Gasteiger partial charge is 0.129 e. The van der Waals surface area contributed by atoms with E-state index in [1.807, 2.05) is 16.8 Å². The lowest BCUT2D eigenvalue weighted by molar-refractivity contribution is 0.346. The molecule has 2 aromatic rings. The molecule has 0 fully saturated rings. The minimum absolute atomic E-state index is 0.00569. The fraction of sp³-hybridized carbons (Fsp3) is 0.533. The molecule has 2 atom stereocenters. The molecular formula is C15H23N3O. The summed E-state index contributed by atoms with van der Waals surface area (Å²) < 4.78 is 7.60. The largest absolute Gasteiger partial charge is 0.467 e. The van der Waals surface area contributed by atoms with Crippen molar-refractivity contribution in [1.29, 1.82) is 0 Å². The van der Waals surface area contributed by atoms with Crippen LogP contribution in [-0.2, 0) is 6.42 Å². The van der Waals surface area contributed by atoms with E-state index in [1.54, 1.807) is 6.26 Å². The Morgan fingerprint density at radius 1 is 1.37 bits per heavy atom. The zero-order valence-corrected chi connectivity index (χ0v) is 12.2. The van der Waals surface area contributed by atoms with Gasteiger partial charge in [-0.3, -0.25) is 4.68 Å². The van der Waals surface area contributed by atoms with Crippen LogP contribution in [-0.4, -0.2) is 15.8 Å². The van der Waals surface area contributed by atoms with Gasteiger partial charge in [-0.1, -0.05) is 13.8 Å². The van der Waals surface area contributed by atoms with Crippen LogP contribution in [0.2, 0.25) is 0 Å². The third-order valence-electron chi connectivity index (χ3n) is 3.80. The zero-order chi connectivity index (χ0) is 14.0. The van der Waals surface area contributed by atoms with Crippen LogP contribution in [0.4, 0.5) is 0 Å². The third kappa shape index (κ3) is 2.45. The Balaban J connectivity index is 2.50. The third-order valence-corrected chi connectivity index (χ3v) is 3.80. The van der Waals surface area contributed by atoms with Gasteiger partial charge in [0, 0.05) is 11.7 Å². The fourth-order valence-corrected chi connectivity index (χ4v) is 2.68. The fourth-order valence-electron chi connectivity index (χ4n) is 2.68. The quantitative estimate of drug-likeness (QED) is 0.900. The van der Waals surface area contributed by atoms with Gasteiger partial charge in [0.05, 0.1) is 12.0 Å². The summed E-state index contributed by atoms with van der Waals surface area (Å²) in [6, 6.07) is 3.84. The topological polar surface area (TPSA) is 57.0 Å². The van der Waals surface area contributed by atoms with Gasteiger partial charge in [0.1, 0.15) is 11.8 Å². The molecule has 0 saturated heterocycles. The highest BCUT2D eigenvalue weighted by molar-refractivity contribution is 5.26. The highest BCUT2D eigenvalue weighted by atomic mass is 16.3. The first-order valence-electron chi connectivity index (χ1n) is 6.93. The summed E-state index contributed by atoms with van der Waals surface area (Å²) in [7, 11) is 0. The Hall–Kier alpha value is -1.55. The second kappa shape index (κ2) is 5.61. The number of hydrogen-bond acceptors (Lipinski definition) is 3. The van der Waals surface area contributed by atoms with E-state index < -0.39 is 0 Å². The monoisotopic (exact) mass is 261 g/mol. The van der Waals surface area contributed by atoms with Gasteiger partial charge >= 0.3 is 0 Å². The van der Waals surface area contributed by atoms with E-state index in [2.05, 4.69) is 32.8 Å². The summed E-state index contributed by atoms with van der Waals surface area (Å²) in [4.78, 5) is 0. The number of nitrogens with two attached hydrogens (primary N) is 1. The molecular weight excluding hydrogens is 238 g/mol. The summed E-state index contributed by atoms with van der Waals surface area (Å²) >= 11 is 0. The molecule has 4 nitrogen and oxygen atoms in total. The molecule has 0 saturated carbocycles. The maximum absolute atomic E-state index is 6.29. The molecule has 0 aliphatic carbocycles. The van der Waals surface area contributed by atoms with Crippen molar-refractivity contribution in [3.63, 3.8) is 0 Å². The predicted octanol–water partition coefficient (Wildman–Crippen LogP) is 2.98. The zero-order valence-electron chi connectivity index (χ0n) is 12.2. The van der Waals surface area contributed by atoms with E-state index in [4.69, 9.17) is 10.2 Å². The van der Waals surface area contributed by atoms with Crippen LogP contribution in [0.3, 0.4) is 0 Å². The Bertz CT molecular complexity index is 528. The van der Waals surface area contributed by atoms with Crippen LogP contribution >= 0.6 is 0 Å². The summed E-state index contributed by atoms with van der Waals surface area (Å²) in [5.74, 6) is 0.877. The van der Waals surface area contributed by atoms with Gasteiger partial charge in [0.25, 0.3) is 0 Å². The molecule has 4 heteroatoms. The lowest BCUT2D eigenvalue weighted by atomic mass is 10.0. The van der Waals surface area contributed by atoms with Crippen molar-refractivity contribution in [1.82, 2.24) is 9.78 Å². The lowest BCUT2D eigenvalue weighted by Gasteiger charge is -2.23. The Labute approximate surface area is 114 Å². The van der Waals surface area contributed by atoms with E-state index in [1.165, 1.54) is 11.3 Å². The Kier molecular flexibility index (Phi) is 4.10. The minimum Gasteiger partial charge on any atom is -0.467 e. The van der Waals surface area contributed by atoms with Crippen LogP contribution < -0.4 is 5.73 Å². The summed E-state index contributed by atoms with van der Waals surface area (Å²) in [6.07, 6.45) is 3.56. The Morgan fingerprint density at radius 3 is 2.58 bits per heavy atom. The van der Waals surface area contributed by atoms with Crippen LogP contribution in [0.25, 0.3) is 0 Å². The first kappa shape index (κ1) is 13.9. The van der Waals surface area contributed by atoms with Gasteiger partial charge in [0.15, 0.2) is 0 Å². The maximum atomic E-state index is 6.29. The van der Waals surface area contributed by atoms with Crippen LogP contribution in [0.1, 0.15) is 49.0 Å². The Morgan fingerprint density at radius 2 is 2.11 bits per heavy atom. The molecule has 2 N–H and O–H groups in total. The molecule has 0 aliphatic rings. The van der Waals surface area contributed by atoms with Gasteiger partial charge in [-0.15, -0.1) is 0 Å². The van der Waals surface area contributed by atoms with E-state index >= 15 is 0 Å². The molecule has 2 heterocycles. The van der Waals surface area contributed by atoms with E-state index in [0.717, 1.165) is 24.3 Å². The molecule has 0 spiro atoms. The van der Waals surface area contributed by atoms with Crippen LogP contribution in [0.15, 0.2) is 22.8 Å². The van der Waals surface area contributed by atoms with Crippen molar-refractivity contribution in [2.75, 3.05) is 0 Å². The summed E-state index contributed by atoms with van der Waals surface area (Å²) in [5, 5.41) is 4.68. The van der Waals surface area contributed by atoms with Crippen molar-refractivity contribution in [3.8, 4) is 0 Å². The average Bonchev–Trinajstić information content (AvgIpc) is 3.00. The van der Waals surface area contributed by atoms with Crippen molar-refractivity contribution in [2.24, 2.45) is 5.73 Å². The molecule has 0 aromatic carbocycles. The number of aromatic nitrogens is 2. The lowest BCUT2D eigenvalue weighted by Crippen LogP contribution is -2.33. The molecule has 0 amide bonds. The van der Waals surface area contributed by atoms with Gasteiger partial charge < -0.3 is 10.2 Å². The highest BCUT2D eigenvalue weighted by Crippen LogP contribution is 2.27. The molecule has 0 radical (unpaired) electrons. The number of nitrogens with zero attached hydrogens (tertiary/aromatic N) is 2. The van der Waals surface area contributed by atoms with E-state index in [-0.39, 0.29) is 12.1 Å². The van der Waals surface area contributed by atoms with Crippen molar-refractivity contribution >= 4 is 0 Å². The normalized spacial score (nSPS) is 14.6. The highest BCUT2D eigenvalue weighted by Gasteiger charge is 2.26. The van der Waals surface area contributed by atoms with Gasteiger partial charge in [-0.2, -0.15) is 5.10 Å². The molecule has 2 rings (SSSR count). The van der Waals surface area contributed by atoms with E-state index in [0.29, 0.717) is 0 Å². The van der Waals surface area contributed by atoms with Gasteiger partial charge in [0.2, 0.25) is 0 Å². The maximum Gasteiger partial charge on any atom is 0.129 e. The average molecular weight is 261 g/mol. The number of rotatable bonds is 5. The molecule has 0 bridgehead atoms. The van der Waals surface area contributed by atoms with Crippen molar-refractivity contribution in [3.05, 3.63) is 41.1 Å². The summed E-state index contributed by atoms with van der Waals surface area (Å²) in [5.41, 5.74) is 9.86. The molecule has 104 valence electrons. The first-order chi connectivity index (χ1) is 9.10. The number of furan rings is 1. The number of aryl methyl sites for hydroxylation is 1. The van der Waals surface area contributed by atoms with Gasteiger partial charge in [-0.05, 0) is 44.4 Å². The van der Waals surface area contributed by atoms with Gasteiger partial charge in [-0.25, -0.2) is 0 Å². The minimum atomic E-state index is -0.0287. The standard InChI is InChI=1S/C15H23N3O/c1-5-12-10(3)17-18(11(12)4)15(13(16)6-2)14-8-7-9-19-14/h7-9,13,15H,5-6,16H2,1-4H3. The number of hydrogen-bond donors (Lipinski definition) is 1. The summed E-state index contributed by atoms with van der Waals surface area (Å²) in [6.45, 7) is 8.41. The SMILES string of the molecule is CCc1c(C)nn(C(c2ccco2)C(N)CC)c1C. The molecule has 19 heavy (non-hydrogen) atoms. The van der Waals surface area contributed by atoms with Crippen LogP contribution in [0, 0.1) is 13.8 Å². The predicted molar refractivity (Wildman–Crippen MR) is 76.2 cm³/mol. The first-order valence-corrected chi connectivity index (χ1v) is 6.93. The van der Waals surface area contributed by atoms with Crippen LogP contribution in [0.5, 0.6) is 0 Å². The molecule has 2 aromatic heterocycles. The van der Waals surface area contributed by atoms with Crippen molar-refractivity contribution in [2.45, 2.75) is 52.6 Å². The molecule has 0 aliphatic heterocycles.